The number of methoxy groups -OCH3 is 1. The second-order valence-electron chi connectivity index (χ2n) is 4.98. The zero-order chi connectivity index (χ0) is 12.1. The van der Waals surface area contributed by atoms with Crippen LogP contribution in [0.1, 0.15) is 38.5 Å². The molecule has 5 nitrogen and oxygen atoms in total. The van der Waals surface area contributed by atoms with Gasteiger partial charge in [-0.3, -0.25) is 5.43 Å². The Morgan fingerprint density at radius 2 is 2.06 bits per heavy atom. The number of piperidine rings is 1. The minimum atomic E-state index is 0.311. The summed E-state index contributed by atoms with van der Waals surface area (Å²) in [5, 5.41) is 0. The molecule has 1 unspecified atom stereocenters. The largest absolute Gasteiger partial charge is 0.380 e. The Labute approximate surface area is 103 Å². The summed E-state index contributed by atoms with van der Waals surface area (Å²) in [4.78, 5) is 6.96. The van der Waals surface area contributed by atoms with Crippen molar-refractivity contribution in [3.05, 3.63) is 0 Å². The van der Waals surface area contributed by atoms with Gasteiger partial charge in [-0.05, 0) is 25.7 Å². The Balaban J connectivity index is 1.96. The number of guanidine groups is 1. The van der Waals surface area contributed by atoms with Crippen molar-refractivity contribution in [1.29, 1.82) is 0 Å². The van der Waals surface area contributed by atoms with E-state index < -0.39 is 0 Å². The molecule has 17 heavy (non-hydrogen) atoms. The molecule has 0 aromatic rings. The maximum absolute atomic E-state index is 5.61. The third-order valence-corrected chi connectivity index (χ3v) is 3.77. The summed E-state index contributed by atoms with van der Waals surface area (Å²) >= 11 is 0. The lowest BCUT2D eigenvalue weighted by Gasteiger charge is -2.34. The summed E-state index contributed by atoms with van der Waals surface area (Å²) in [6, 6.07) is 0.462. The molecule has 1 aliphatic heterocycles. The van der Waals surface area contributed by atoms with E-state index in [2.05, 4.69) is 10.3 Å². The van der Waals surface area contributed by atoms with Crippen molar-refractivity contribution in [3.63, 3.8) is 0 Å². The number of nitrogens with two attached hydrogens (primary N) is 1. The minimum Gasteiger partial charge on any atom is -0.380 e. The minimum absolute atomic E-state index is 0.311. The quantitative estimate of drug-likeness (QED) is 0.325. The molecule has 3 N–H and O–H groups in total. The molecular weight excluding hydrogens is 216 g/mol. The highest BCUT2D eigenvalue weighted by Gasteiger charge is 2.23. The summed E-state index contributed by atoms with van der Waals surface area (Å²) in [6.07, 6.45) is 7.59. The van der Waals surface area contributed by atoms with Crippen LogP contribution in [0.4, 0.5) is 0 Å². The number of hydrogen-bond donors (Lipinski definition) is 2. The van der Waals surface area contributed by atoms with E-state index in [1.165, 1.54) is 25.7 Å². The molecule has 5 heteroatoms. The van der Waals surface area contributed by atoms with Crippen LogP contribution in [0, 0.1) is 0 Å². The fourth-order valence-corrected chi connectivity index (χ4v) is 2.74. The lowest BCUT2D eigenvalue weighted by Crippen LogP contribution is -2.51. The van der Waals surface area contributed by atoms with Gasteiger partial charge in [0.15, 0.2) is 0 Å². The van der Waals surface area contributed by atoms with E-state index in [-0.39, 0.29) is 0 Å². The highest BCUT2D eigenvalue weighted by Crippen LogP contribution is 2.21. The fraction of sp³-hybridized carbons (Fsp3) is 0.917. The Bertz CT molecular complexity index is 263. The molecule has 0 aromatic carbocycles. The van der Waals surface area contributed by atoms with Crippen molar-refractivity contribution in [1.82, 2.24) is 10.3 Å². The average Bonchev–Trinajstić information content (AvgIpc) is 2.89. The fourth-order valence-electron chi connectivity index (χ4n) is 2.74. The van der Waals surface area contributed by atoms with Gasteiger partial charge in [0.25, 0.3) is 0 Å². The second-order valence-corrected chi connectivity index (χ2v) is 4.98. The molecule has 1 saturated carbocycles. The Morgan fingerprint density at radius 1 is 1.29 bits per heavy atom. The summed E-state index contributed by atoms with van der Waals surface area (Å²) < 4.78 is 5.42. The molecular formula is C12H24N4O. The van der Waals surface area contributed by atoms with Crippen LogP contribution in [0.5, 0.6) is 0 Å². The van der Waals surface area contributed by atoms with E-state index in [9.17, 15) is 0 Å². The molecule has 0 bridgehead atoms. The van der Waals surface area contributed by atoms with Gasteiger partial charge in [0, 0.05) is 20.2 Å². The number of ether oxygens (including phenoxy) is 1. The summed E-state index contributed by atoms with van der Waals surface area (Å²) in [6.45, 7) is 1.92. The molecule has 2 rings (SSSR count). The number of hydrogen-bond acceptors (Lipinski definition) is 3. The van der Waals surface area contributed by atoms with Crippen LogP contribution in [0.2, 0.25) is 0 Å². The first kappa shape index (κ1) is 12.6. The van der Waals surface area contributed by atoms with Crippen molar-refractivity contribution in [2.45, 2.75) is 50.7 Å². The Kier molecular flexibility index (Phi) is 4.62. The van der Waals surface area contributed by atoms with Crippen LogP contribution in [0.3, 0.4) is 0 Å². The van der Waals surface area contributed by atoms with Crippen molar-refractivity contribution in [2.75, 3.05) is 20.2 Å². The Hall–Kier alpha value is -0.810. The van der Waals surface area contributed by atoms with E-state index in [1.54, 1.807) is 7.11 Å². The molecule has 2 aliphatic rings. The predicted molar refractivity (Wildman–Crippen MR) is 68.6 cm³/mol. The van der Waals surface area contributed by atoms with E-state index >= 15 is 0 Å². The van der Waals surface area contributed by atoms with Crippen LogP contribution in [0.15, 0.2) is 4.99 Å². The van der Waals surface area contributed by atoms with E-state index in [0.29, 0.717) is 12.1 Å². The lowest BCUT2D eigenvalue weighted by atomic mass is 10.1. The molecule has 1 saturated heterocycles. The summed E-state index contributed by atoms with van der Waals surface area (Å²) in [5.41, 5.74) is 2.76. The number of nitrogens with one attached hydrogen (secondary N) is 1. The third kappa shape index (κ3) is 3.33. The lowest BCUT2D eigenvalue weighted by molar-refractivity contribution is 0.0524. The standard InChI is InChI=1S/C12H24N4O/c1-17-11-7-4-8-16(9-11)12(15-13)14-10-5-2-3-6-10/h10-11H,2-9,13H2,1H3,(H,14,15). The van der Waals surface area contributed by atoms with Crippen molar-refractivity contribution < 1.29 is 4.74 Å². The molecule has 98 valence electrons. The van der Waals surface area contributed by atoms with Crippen LogP contribution in [-0.4, -0.2) is 43.2 Å². The SMILES string of the molecule is COC1CCCN(C(=NC2CCCC2)NN)C1. The second kappa shape index (κ2) is 6.21. The van der Waals surface area contributed by atoms with Gasteiger partial charge in [0.05, 0.1) is 12.1 Å². The number of nitrogens with zero attached hydrogens (tertiary/aromatic N) is 2. The Morgan fingerprint density at radius 3 is 2.71 bits per heavy atom. The number of rotatable bonds is 2. The maximum atomic E-state index is 5.61. The van der Waals surface area contributed by atoms with Crippen LogP contribution < -0.4 is 11.3 Å². The highest BCUT2D eigenvalue weighted by atomic mass is 16.5. The van der Waals surface area contributed by atoms with Crippen LogP contribution >= 0.6 is 0 Å². The first-order valence-electron chi connectivity index (χ1n) is 6.65. The van der Waals surface area contributed by atoms with Gasteiger partial charge in [-0.15, -0.1) is 0 Å². The van der Waals surface area contributed by atoms with Gasteiger partial charge in [0.2, 0.25) is 5.96 Å². The van der Waals surface area contributed by atoms with Gasteiger partial charge in [0.1, 0.15) is 0 Å². The predicted octanol–water partition coefficient (Wildman–Crippen LogP) is 0.859. The molecule has 1 atom stereocenters. The number of aliphatic imine (C=N–C) groups is 1. The zero-order valence-corrected chi connectivity index (χ0v) is 10.7. The molecule has 0 amide bonds. The number of likely N-dealkylation sites (tertiary alicyclic amines) is 1. The molecule has 0 spiro atoms. The van der Waals surface area contributed by atoms with Gasteiger partial charge >= 0.3 is 0 Å². The zero-order valence-electron chi connectivity index (χ0n) is 10.7. The topological polar surface area (TPSA) is 62.9 Å². The van der Waals surface area contributed by atoms with Gasteiger partial charge in [-0.1, -0.05) is 12.8 Å². The van der Waals surface area contributed by atoms with Crippen molar-refractivity contribution >= 4 is 5.96 Å². The van der Waals surface area contributed by atoms with E-state index in [4.69, 9.17) is 15.6 Å². The monoisotopic (exact) mass is 240 g/mol. The first-order valence-corrected chi connectivity index (χ1v) is 6.65. The van der Waals surface area contributed by atoms with Gasteiger partial charge in [-0.2, -0.15) is 0 Å². The van der Waals surface area contributed by atoms with E-state index in [1.807, 2.05) is 0 Å². The van der Waals surface area contributed by atoms with Crippen LogP contribution in [-0.2, 0) is 4.74 Å². The van der Waals surface area contributed by atoms with Gasteiger partial charge in [-0.25, -0.2) is 10.8 Å². The summed E-state index contributed by atoms with van der Waals surface area (Å²) in [7, 11) is 1.78. The average molecular weight is 240 g/mol. The third-order valence-electron chi connectivity index (χ3n) is 3.77. The molecule has 1 aliphatic carbocycles. The summed E-state index contributed by atoms with van der Waals surface area (Å²) in [5.74, 6) is 6.45. The highest BCUT2D eigenvalue weighted by molar-refractivity contribution is 5.79. The first-order chi connectivity index (χ1) is 8.33. The smallest absolute Gasteiger partial charge is 0.208 e. The molecule has 0 radical (unpaired) electrons. The maximum Gasteiger partial charge on any atom is 0.208 e. The van der Waals surface area contributed by atoms with E-state index in [0.717, 1.165) is 31.9 Å². The van der Waals surface area contributed by atoms with Crippen LogP contribution in [0.25, 0.3) is 0 Å². The van der Waals surface area contributed by atoms with Crippen molar-refractivity contribution in [2.24, 2.45) is 10.8 Å². The normalized spacial score (nSPS) is 27.5. The number of hydrazine groups is 1. The molecule has 0 aromatic heterocycles. The molecule has 2 fully saturated rings. The van der Waals surface area contributed by atoms with Gasteiger partial charge < -0.3 is 9.64 Å². The van der Waals surface area contributed by atoms with Crippen molar-refractivity contribution in [3.8, 4) is 0 Å². The molecule has 1 heterocycles.